The minimum Gasteiger partial charge on any atom is -0.369 e. The van der Waals surface area contributed by atoms with Gasteiger partial charge in [0, 0.05) is 6.54 Å². The number of nitrogens with zero attached hydrogens (tertiary/aromatic N) is 2. The van der Waals surface area contributed by atoms with Crippen molar-refractivity contribution in [2.24, 2.45) is 0 Å². The van der Waals surface area contributed by atoms with Crippen LogP contribution in [0.4, 0.5) is 5.95 Å². The SMILES string of the molecule is CSCCCCCCn1c(N)nc2c(C)cccc21. The predicted molar refractivity (Wildman–Crippen MR) is 85.7 cm³/mol. The van der Waals surface area contributed by atoms with Gasteiger partial charge in [0.2, 0.25) is 5.95 Å². The third kappa shape index (κ3) is 3.44. The molecule has 19 heavy (non-hydrogen) atoms. The van der Waals surface area contributed by atoms with Crippen LogP contribution in [-0.2, 0) is 6.54 Å². The molecule has 0 bridgehead atoms. The zero-order valence-electron chi connectivity index (χ0n) is 11.9. The molecule has 0 aliphatic rings. The van der Waals surface area contributed by atoms with Crippen LogP contribution < -0.4 is 5.73 Å². The summed E-state index contributed by atoms with van der Waals surface area (Å²) in [7, 11) is 0. The van der Waals surface area contributed by atoms with Crippen molar-refractivity contribution in [3.8, 4) is 0 Å². The molecule has 0 fully saturated rings. The molecule has 3 nitrogen and oxygen atoms in total. The zero-order chi connectivity index (χ0) is 13.7. The van der Waals surface area contributed by atoms with Gasteiger partial charge in [0.15, 0.2) is 0 Å². The van der Waals surface area contributed by atoms with E-state index < -0.39 is 0 Å². The number of fused-ring (bicyclic) bond motifs is 1. The molecule has 2 N–H and O–H groups in total. The summed E-state index contributed by atoms with van der Waals surface area (Å²) in [5.41, 5.74) is 9.44. The third-order valence-electron chi connectivity index (χ3n) is 3.49. The van der Waals surface area contributed by atoms with Crippen molar-refractivity contribution in [2.75, 3.05) is 17.7 Å². The summed E-state index contributed by atoms with van der Waals surface area (Å²) in [4.78, 5) is 4.48. The average Bonchev–Trinajstić information content (AvgIpc) is 2.72. The van der Waals surface area contributed by atoms with Crippen LogP contribution in [0.1, 0.15) is 31.2 Å². The van der Waals surface area contributed by atoms with Gasteiger partial charge in [-0.3, -0.25) is 0 Å². The number of benzene rings is 1. The van der Waals surface area contributed by atoms with E-state index in [0.29, 0.717) is 5.95 Å². The largest absolute Gasteiger partial charge is 0.369 e. The highest BCUT2D eigenvalue weighted by atomic mass is 32.2. The first-order valence-corrected chi connectivity index (χ1v) is 8.33. The fraction of sp³-hybridized carbons (Fsp3) is 0.533. The van der Waals surface area contributed by atoms with Gasteiger partial charge >= 0.3 is 0 Å². The molecule has 0 unspecified atom stereocenters. The van der Waals surface area contributed by atoms with Gasteiger partial charge in [0.05, 0.1) is 11.0 Å². The Labute approximate surface area is 119 Å². The monoisotopic (exact) mass is 277 g/mol. The molecule has 0 spiro atoms. The predicted octanol–water partition coefficient (Wildman–Crippen LogP) is 3.85. The van der Waals surface area contributed by atoms with Crippen molar-refractivity contribution in [3.05, 3.63) is 23.8 Å². The van der Waals surface area contributed by atoms with E-state index in [1.165, 1.54) is 42.5 Å². The molecule has 0 aliphatic carbocycles. The molecular weight excluding hydrogens is 254 g/mol. The Morgan fingerprint density at radius 2 is 2.00 bits per heavy atom. The van der Waals surface area contributed by atoms with Gasteiger partial charge in [-0.1, -0.05) is 25.0 Å². The molecule has 0 atom stereocenters. The second kappa shape index (κ2) is 6.85. The molecule has 2 rings (SSSR count). The van der Waals surface area contributed by atoms with Gasteiger partial charge in [0.1, 0.15) is 0 Å². The molecule has 0 saturated carbocycles. The van der Waals surface area contributed by atoms with Crippen molar-refractivity contribution in [1.29, 1.82) is 0 Å². The molecule has 1 aromatic carbocycles. The lowest BCUT2D eigenvalue weighted by Crippen LogP contribution is -2.03. The maximum atomic E-state index is 6.03. The molecule has 0 saturated heterocycles. The van der Waals surface area contributed by atoms with E-state index in [1.54, 1.807) is 0 Å². The highest BCUT2D eigenvalue weighted by molar-refractivity contribution is 7.98. The Morgan fingerprint density at radius 3 is 2.79 bits per heavy atom. The first-order chi connectivity index (χ1) is 9.24. The fourth-order valence-corrected chi connectivity index (χ4v) is 2.90. The highest BCUT2D eigenvalue weighted by Crippen LogP contribution is 2.21. The van der Waals surface area contributed by atoms with Crippen LogP contribution in [-0.4, -0.2) is 21.6 Å². The van der Waals surface area contributed by atoms with Crippen LogP contribution in [0.2, 0.25) is 0 Å². The number of unbranched alkanes of at least 4 members (excludes halogenated alkanes) is 3. The van der Waals surface area contributed by atoms with Gasteiger partial charge in [-0.2, -0.15) is 11.8 Å². The summed E-state index contributed by atoms with van der Waals surface area (Å²) < 4.78 is 2.15. The molecule has 0 amide bonds. The Hall–Kier alpha value is -1.16. The van der Waals surface area contributed by atoms with Crippen LogP contribution in [0.3, 0.4) is 0 Å². The molecule has 1 aromatic heterocycles. The average molecular weight is 277 g/mol. The zero-order valence-corrected chi connectivity index (χ0v) is 12.7. The molecular formula is C15H23N3S. The fourth-order valence-electron chi connectivity index (χ4n) is 2.41. The standard InChI is InChI=1S/C15H23N3S/c1-12-8-7-9-13-14(12)17-15(16)18(13)10-5-3-4-6-11-19-2/h7-9H,3-6,10-11H2,1-2H3,(H2,16,17). The number of aryl methyl sites for hydroxylation is 2. The number of para-hydroxylation sites is 1. The molecule has 4 heteroatoms. The summed E-state index contributed by atoms with van der Waals surface area (Å²) in [5.74, 6) is 1.92. The van der Waals surface area contributed by atoms with E-state index in [0.717, 1.165) is 12.1 Å². The minimum absolute atomic E-state index is 0.647. The second-order valence-corrected chi connectivity index (χ2v) is 5.96. The Bertz CT molecular complexity index is 533. The maximum Gasteiger partial charge on any atom is 0.201 e. The second-order valence-electron chi connectivity index (χ2n) is 4.97. The summed E-state index contributed by atoms with van der Waals surface area (Å²) in [6.07, 6.45) is 7.25. The maximum absolute atomic E-state index is 6.03. The van der Waals surface area contributed by atoms with Crippen LogP contribution in [0, 0.1) is 6.92 Å². The first kappa shape index (κ1) is 14.3. The number of imidazole rings is 1. The summed E-state index contributed by atoms with van der Waals surface area (Å²) in [6, 6.07) is 6.27. The van der Waals surface area contributed by atoms with Gasteiger partial charge in [-0.05, 0) is 43.4 Å². The first-order valence-electron chi connectivity index (χ1n) is 6.94. The molecule has 0 radical (unpaired) electrons. The van der Waals surface area contributed by atoms with Crippen LogP contribution in [0.15, 0.2) is 18.2 Å². The van der Waals surface area contributed by atoms with Crippen LogP contribution >= 0.6 is 11.8 Å². The smallest absolute Gasteiger partial charge is 0.201 e. The van der Waals surface area contributed by atoms with E-state index >= 15 is 0 Å². The normalized spacial score (nSPS) is 11.3. The summed E-state index contributed by atoms with van der Waals surface area (Å²) in [5, 5.41) is 0. The number of nitrogens with two attached hydrogens (primary N) is 1. The minimum atomic E-state index is 0.647. The Balaban J connectivity index is 1.97. The molecule has 1 heterocycles. The van der Waals surface area contributed by atoms with E-state index in [1.807, 2.05) is 11.8 Å². The van der Waals surface area contributed by atoms with Crippen molar-refractivity contribution < 1.29 is 0 Å². The number of hydrogen-bond acceptors (Lipinski definition) is 3. The number of rotatable bonds is 7. The summed E-state index contributed by atoms with van der Waals surface area (Å²) >= 11 is 1.93. The number of thioether (sulfide) groups is 1. The van der Waals surface area contributed by atoms with Gasteiger partial charge in [0.25, 0.3) is 0 Å². The van der Waals surface area contributed by atoms with E-state index in [-0.39, 0.29) is 0 Å². The topological polar surface area (TPSA) is 43.8 Å². The number of aromatic nitrogens is 2. The van der Waals surface area contributed by atoms with Gasteiger partial charge in [-0.25, -0.2) is 4.98 Å². The number of hydrogen-bond donors (Lipinski definition) is 1. The van der Waals surface area contributed by atoms with Gasteiger partial charge in [-0.15, -0.1) is 0 Å². The Morgan fingerprint density at radius 1 is 1.21 bits per heavy atom. The van der Waals surface area contributed by atoms with E-state index in [9.17, 15) is 0 Å². The quantitative estimate of drug-likeness (QED) is 0.782. The van der Waals surface area contributed by atoms with Crippen LogP contribution in [0.25, 0.3) is 11.0 Å². The molecule has 0 aliphatic heterocycles. The van der Waals surface area contributed by atoms with Gasteiger partial charge < -0.3 is 10.3 Å². The lowest BCUT2D eigenvalue weighted by atomic mass is 10.2. The lowest BCUT2D eigenvalue weighted by Gasteiger charge is -2.06. The third-order valence-corrected chi connectivity index (χ3v) is 4.19. The van der Waals surface area contributed by atoms with Crippen molar-refractivity contribution in [1.82, 2.24) is 9.55 Å². The highest BCUT2D eigenvalue weighted by Gasteiger charge is 2.08. The van der Waals surface area contributed by atoms with Crippen molar-refractivity contribution >= 4 is 28.7 Å². The number of anilines is 1. The van der Waals surface area contributed by atoms with E-state index in [4.69, 9.17) is 5.73 Å². The molecule has 104 valence electrons. The van der Waals surface area contributed by atoms with Crippen molar-refractivity contribution in [2.45, 2.75) is 39.2 Å². The number of nitrogen functional groups attached to an aromatic ring is 1. The molecule has 2 aromatic rings. The van der Waals surface area contributed by atoms with E-state index in [2.05, 4.69) is 40.9 Å². The Kier molecular flexibility index (Phi) is 5.14. The summed E-state index contributed by atoms with van der Waals surface area (Å²) in [6.45, 7) is 3.06. The van der Waals surface area contributed by atoms with Crippen molar-refractivity contribution in [3.63, 3.8) is 0 Å². The lowest BCUT2D eigenvalue weighted by molar-refractivity contribution is 0.597. The van der Waals surface area contributed by atoms with Crippen LogP contribution in [0.5, 0.6) is 0 Å².